The third-order valence-corrected chi connectivity index (χ3v) is 5.02. The Labute approximate surface area is 141 Å². The van der Waals surface area contributed by atoms with Crippen molar-refractivity contribution < 1.29 is 0 Å². The molecule has 1 aliphatic carbocycles. The third-order valence-electron chi connectivity index (χ3n) is 4.78. The average Bonchev–Trinajstić information content (AvgIpc) is 2.58. The van der Waals surface area contributed by atoms with Crippen LogP contribution in [0.15, 0.2) is 32.6 Å². The highest BCUT2D eigenvalue weighted by Gasteiger charge is 2.21. The number of rotatable bonds is 1. The Morgan fingerprint density at radius 2 is 1.83 bits per heavy atom. The van der Waals surface area contributed by atoms with Gasteiger partial charge in [0.1, 0.15) is 10.9 Å². The Morgan fingerprint density at radius 1 is 1.08 bits per heavy atom. The number of pyridine rings is 1. The van der Waals surface area contributed by atoms with Crippen molar-refractivity contribution in [2.75, 3.05) is 0 Å². The van der Waals surface area contributed by atoms with E-state index in [1.54, 1.807) is 18.2 Å². The van der Waals surface area contributed by atoms with Crippen molar-refractivity contribution in [2.24, 2.45) is 0 Å². The fraction of sp³-hybridized carbons (Fsp3) is 0.353. The maximum atomic E-state index is 12.9. The first kappa shape index (κ1) is 15.2. The van der Waals surface area contributed by atoms with Gasteiger partial charge >= 0.3 is 0 Å². The molecule has 1 aliphatic rings. The van der Waals surface area contributed by atoms with Crippen LogP contribution in [0.3, 0.4) is 0 Å². The Bertz CT molecular complexity index is 1120. The first-order chi connectivity index (χ1) is 11.6. The highest BCUT2D eigenvalue weighted by atomic mass is 35.5. The molecule has 6 nitrogen and oxygen atoms in total. The highest BCUT2D eigenvalue weighted by Crippen LogP contribution is 2.26. The van der Waals surface area contributed by atoms with Crippen LogP contribution in [0.25, 0.3) is 21.8 Å². The predicted molar refractivity (Wildman–Crippen MR) is 94.1 cm³/mol. The molecule has 0 spiro atoms. The van der Waals surface area contributed by atoms with Gasteiger partial charge in [0.25, 0.3) is 11.1 Å². The smallest absolute Gasteiger partial charge is 0.287 e. The summed E-state index contributed by atoms with van der Waals surface area (Å²) in [5, 5.41) is 3.36. The molecule has 0 bridgehead atoms. The van der Waals surface area contributed by atoms with Gasteiger partial charge in [-0.2, -0.15) is 0 Å². The van der Waals surface area contributed by atoms with Crippen LogP contribution in [0.1, 0.15) is 38.1 Å². The number of hydrogen-bond donors (Lipinski definition) is 2. The zero-order valence-electron chi connectivity index (χ0n) is 12.9. The first-order valence-electron chi connectivity index (χ1n) is 8.06. The Balaban J connectivity index is 2.09. The highest BCUT2D eigenvalue weighted by molar-refractivity contribution is 6.31. The molecule has 24 heavy (non-hydrogen) atoms. The lowest BCUT2D eigenvalue weighted by atomic mass is 9.95. The summed E-state index contributed by atoms with van der Waals surface area (Å²) >= 11 is 5.95. The molecule has 124 valence electrons. The Kier molecular flexibility index (Phi) is 3.57. The normalized spacial score (nSPS) is 16.0. The van der Waals surface area contributed by atoms with E-state index >= 15 is 0 Å². The van der Waals surface area contributed by atoms with Gasteiger partial charge in [0.05, 0.1) is 11.6 Å². The van der Waals surface area contributed by atoms with E-state index in [2.05, 4.69) is 10.1 Å². The van der Waals surface area contributed by atoms with E-state index in [1.807, 2.05) is 0 Å². The molecule has 0 radical (unpaired) electrons. The van der Waals surface area contributed by atoms with Crippen molar-refractivity contribution in [1.29, 1.82) is 0 Å². The molecular formula is C17H16ClN3O3. The minimum Gasteiger partial charge on any atom is -0.350 e. The lowest BCUT2D eigenvalue weighted by Crippen LogP contribution is -2.36. The van der Waals surface area contributed by atoms with Gasteiger partial charge in [-0.1, -0.05) is 30.9 Å². The van der Waals surface area contributed by atoms with Crippen LogP contribution in [-0.2, 0) is 0 Å². The number of halogens is 1. The summed E-state index contributed by atoms with van der Waals surface area (Å²) < 4.78 is 1.35. The minimum atomic E-state index is -0.464. The molecule has 7 heteroatoms. The molecule has 0 saturated heterocycles. The molecule has 0 aliphatic heterocycles. The topological polar surface area (TPSA) is 87.7 Å². The first-order valence-corrected chi connectivity index (χ1v) is 8.44. The van der Waals surface area contributed by atoms with Crippen LogP contribution < -0.4 is 16.5 Å². The second-order valence-corrected chi connectivity index (χ2v) is 6.74. The van der Waals surface area contributed by atoms with Crippen molar-refractivity contribution in [2.45, 2.75) is 38.1 Å². The fourth-order valence-corrected chi connectivity index (χ4v) is 3.74. The van der Waals surface area contributed by atoms with E-state index in [4.69, 9.17) is 11.6 Å². The van der Waals surface area contributed by atoms with Crippen LogP contribution in [0.2, 0.25) is 5.02 Å². The summed E-state index contributed by atoms with van der Waals surface area (Å²) in [7, 11) is 0. The average molecular weight is 346 g/mol. The molecule has 0 atom stereocenters. The molecule has 4 rings (SSSR count). The van der Waals surface area contributed by atoms with Gasteiger partial charge in [0, 0.05) is 10.4 Å². The SMILES string of the molecule is O=c1[nH]n(C2CCCCC2)c(=O)c2c(=O)c3ccc(Cl)cc3[nH]c12. The number of aromatic amines is 2. The summed E-state index contributed by atoms with van der Waals surface area (Å²) in [6.45, 7) is 0. The van der Waals surface area contributed by atoms with E-state index in [0.29, 0.717) is 15.9 Å². The molecule has 1 saturated carbocycles. The van der Waals surface area contributed by atoms with Crippen LogP contribution in [0.4, 0.5) is 0 Å². The lowest BCUT2D eigenvalue weighted by Gasteiger charge is -2.23. The van der Waals surface area contributed by atoms with Crippen LogP contribution in [0.5, 0.6) is 0 Å². The van der Waals surface area contributed by atoms with Crippen molar-refractivity contribution in [3.63, 3.8) is 0 Å². The van der Waals surface area contributed by atoms with Crippen LogP contribution in [0, 0.1) is 0 Å². The van der Waals surface area contributed by atoms with E-state index in [1.165, 1.54) is 4.68 Å². The third kappa shape index (κ3) is 2.29. The number of nitrogens with one attached hydrogen (secondary N) is 2. The summed E-state index contributed by atoms with van der Waals surface area (Å²) in [4.78, 5) is 41.0. The van der Waals surface area contributed by atoms with E-state index < -0.39 is 16.5 Å². The fourth-order valence-electron chi connectivity index (χ4n) is 3.57. The molecule has 3 aromatic rings. The van der Waals surface area contributed by atoms with Gasteiger partial charge in [-0.15, -0.1) is 0 Å². The summed E-state index contributed by atoms with van der Waals surface area (Å²) in [6, 6.07) is 4.69. The van der Waals surface area contributed by atoms with Crippen LogP contribution >= 0.6 is 11.6 Å². The Hall–Kier alpha value is -2.34. The molecule has 2 aromatic heterocycles. The summed E-state index contributed by atoms with van der Waals surface area (Å²) in [5.41, 5.74) is -0.882. The number of H-pyrrole nitrogens is 2. The van der Waals surface area contributed by atoms with E-state index in [0.717, 1.165) is 32.1 Å². The maximum absolute atomic E-state index is 12.9. The maximum Gasteiger partial charge on any atom is 0.287 e. The van der Waals surface area contributed by atoms with E-state index in [9.17, 15) is 14.4 Å². The summed E-state index contributed by atoms with van der Waals surface area (Å²) in [6.07, 6.45) is 4.84. The van der Waals surface area contributed by atoms with Crippen LogP contribution in [-0.4, -0.2) is 14.8 Å². The molecule has 2 heterocycles. The standard InChI is InChI=1S/C17H16ClN3O3/c18-9-6-7-11-12(8-9)19-14-13(15(11)22)17(24)21(20-16(14)23)10-4-2-1-3-5-10/h6-8,10H,1-5H2,(H,19,22)(H,20,23). The van der Waals surface area contributed by atoms with Crippen molar-refractivity contribution >= 4 is 33.4 Å². The number of hydrogen-bond acceptors (Lipinski definition) is 3. The van der Waals surface area contributed by atoms with E-state index in [-0.39, 0.29) is 16.9 Å². The van der Waals surface area contributed by atoms with Crippen molar-refractivity contribution in [3.05, 3.63) is 54.2 Å². The largest absolute Gasteiger partial charge is 0.350 e. The van der Waals surface area contributed by atoms with Crippen molar-refractivity contribution in [3.8, 4) is 0 Å². The number of aromatic nitrogens is 3. The van der Waals surface area contributed by atoms with Gasteiger partial charge in [-0.25, -0.2) is 4.68 Å². The zero-order chi connectivity index (χ0) is 16.8. The molecule has 2 N–H and O–H groups in total. The second kappa shape index (κ2) is 5.63. The van der Waals surface area contributed by atoms with Gasteiger partial charge in [0.15, 0.2) is 0 Å². The van der Waals surface area contributed by atoms with Gasteiger partial charge < -0.3 is 4.98 Å². The number of benzene rings is 1. The molecule has 0 unspecified atom stereocenters. The van der Waals surface area contributed by atoms with Gasteiger partial charge in [0.2, 0.25) is 5.43 Å². The zero-order valence-corrected chi connectivity index (χ0v) is 13.7. The quantitative estimate of drug-likeness (QED) is 0.665. The van der Waals surface area contributed by atoms with Gasteiger partial charge in [-0.05, 0) is 31.0 Å². The molecule has 1 fully saturated rings. The lowest BCUT2D eigenvalue weighted by molar-refractivity contribution is 0.318. The monoisotopic (exact) mass is 345 g/mol. The molecular weight excluding hydrogens is 330 g/mol. The molecule has 0 amide bonds. The predicted octanol–water partition coefficient (Wildman–Crippen LogP) is 2.69. The number of fused-ring (bicyclic) bond motifs is 2. The number of nitrogens with zero attached hydrogens (tertiary/aromatic N) is 1. The van der Waals surface area contributed by atoms with Gasteiger partial charge in [-0.3, -0.25) is 19.5 Å². The second-order valence-electron chi connectivity index (χ2n) is 6.30. The minimum absolute atomic E-state index is 0.00632. The molecule has 1 aromatic carbocycles. The Morgan fingerprint density at radius 3 is 2.58 bits per heavy atom. The van der Waals surface area contributed by atoms with Crippen molar-refractivity contribution in [1.82, 2.24) is 14.8 Å². The summed E-state index contributed by atoms with van der Waals surface area (Å²) in [5.74, 6) is 0.